The lowest BCUT2D eigenvalue weighted by Gasteiger charge is -2.16. The number of hydrogen-bond donors (Lipinski definition) is 1. The Morgan fingerprint density at radius 1 is 1.17 bits per heavy atom. The number of carbonyl (C=O) groups excluding carboxylic acids is 3. The Kier molecular flexibility index (Phi) is 6.76. The summed E-state index contributed by atoms with van der Waals surface area (Å²) in [5.41, 5.74) is 0.409. The number of hydrogen-bond acceptors (Lipinski definition) is 7. The van der Waals surface area contributed by atoms with Crippen LogP contribution in [0.1, 0.15) is 10.4 Å². The second-order valence-electron chi connectivity index (χ2n) is 6.46. The molecule has 0 unspecified atom stereocenters. The molecule has 2 aromatic rings. The van der Waals surface area contributed by atoms with E-state index < -0.39 is 33.6 Å². The Hall–Kier alpha value is -2.47. The number of imide groups is 1. The average molecular weight is 466 g/mol. The fourth-order valence-corrected chi connectivity index (χ4v) is 5.31. The van der Waals surface area contributed by atoms with Crippen LogP contribution in [0.25, 0.3) is 6.08 Å². The summed E-state index contributed by atoms with van der Waals surface area (Å²) in [5, 5.41) is 3.92. The summed E-state index contributed by atoms with van der Waals surface area (Å²) in [6.45, 7) is -0.488. The molecular weight excluding hydrogens is 446 g/mol. The highest BCUT2D eigenvalue weighted by Gasteiger charge is 2.36. The van der Waals surface area contributed by atoms with Crippen LogP contribution in [0, 0.1) is 0 Å². The fraction of sp³-hybridized carbons (Fsp3) is 0.211. The summed E-state index contributed by atoms with van der Waals surface area (Å²) in [6, 6.07) is 9.99. The van der Waals surface area contributed by atoms with E-state index in [1.54, 1.807) is 24.3 Å². The van der Waals surface area contributed by atoms with Crippen LogP contribution in [0.5, 0.6) is 0 Å². The molecular formula is C19H19N3O5S3. The molecule has 8 nitrogen and oxygen atoms in total. The standard InChI is InChI=1S/C19H19N3O5S3/c1-21(2)30(26,27)16-8-4-3-6-13(16)11-20-17(23)12-22-18(24)15(29-19(22)25)10-14-7-5-9-28-14/h3-10H,11-12H2,1-2H3,(H,20,23)/b15-10-. The third kappa shape index (κ3) is 4.81. The number of carbonyl (C=O) groups is 3. The van der Waals surface area contributed by atoms with E-state index in [0.29, 0.717) is 5.56 Å². The molecule has 0 spiro atoms. The number of rotatable bonds is 7. The van der Waals surface area contributed by atoms with Crippen molar-refractivity contribution in [1.82, 2.24) is 14.5 Å². The molecule has 2 heterocycles. The number of thioether (sulfide) groups is 1. The van der Waals surface area contributed by atoms with Gasteiger partial charge in [-0.2, -0.15) is 0 Å². The summed E-state index contributed by atoms with van der Waals surface area (Å²) >= 11 is 2.22. The molecule has 1 aromatic heterocycles. The van der Waals surface area contributed by atoms with Gasteiger partial charge >= 0.3 is 0 Å². The largest absolute Gasteiger partial charge is 0.350 e. The van der Waals surface area contributed by atoms with Crippen molar-refractivity contribution in [3.63, 3.8) is 0 Å². The van der Waals surface area contributed by atoms with E-state index in [9.17, 15) is 22.8 Å². The average Bonchev–Trinajstić information content (AvgIpc) is 3.30. The van der Waals surface area contributed by atoms with Gasteiger partial charge in [0.2, 0.25) is 15.9 Å². The molecule has 3 rings (SSSR count). The minimum absolute atomic E-state index is 0.0522. The first kappa shape index (κ1) is 22.2. The normalized spacial score (nSPS) is 16.0. The number of nitrogens with one attached hydrogen (secondary N) is 1. The first-order chi connectivity index (χ1) is 14.2. The quantitative estimate of drug-likeness (QED) is 0.630. The van der Waals surface area contributed by atoms with E-state index in [2.05, 4.69) is 5.32 Å². The molecule has 0 saturated carbocycles. The van der Waals surface area contributed by atoms with Crippen LogP contribution in [-0.4, -0.2) is 55.3 Å². The van der Waals surface area contributed by atoms with Crippen molar-refractivity contribution in [2.24, 2.45) is 0 Å². The molecule has 1 aliphatic rings. The molecule has 1 N–H and O–H groups in total. The van der Waals surface area contributed by atoms with Gasteiger partial charge in [-0.3, -0.25) is 19.3 Å². The Morgan fingerprint density at radius 3 is 2.57 bits per heavy atom. The summed E-state index contributed by atoms with van der Waals surface area (Å²) in [6.07, 6.45) is 1.62. The molecule has 3 amide bonds. The van der Waals surface area contributed by atoms with Gasteiger partial charge in [0.15, 0.2) is 0 Å². The second-order valence-corrected chi connectivity index (χ2v) is 10.5. The molecule has 1 saturated heterocycles. The van der Waals surface area contributed by atoms with Crippen molar-refractivity contribution in [3.8, 4) is 0 Å². The van der Waals surface area contributed by atoms with Gasteiger partial charge in [-0.15, -0.1) is 11.3 Å². The molecule has 0 aliphatic carbocycles. The predicted molar refractivity (Wildman–Crippen MR) is 116 cm³/mol. The summed E-state index contributed by atoms with van der Waals surface area (Å²) in [5.74, 6) is -1.09. The summed E-state index contributed by atoms with van der Waals surface area (Å²) < 4.78 is 26.0. The van der Waals surface area contributed by atoms with Gasteiger partial charge in [-0.05, 0) is 40.9 Å². The lowest BCUT2D eigenvalue weighted by molar-refractivity contribution is -0.129. The van der Waals surface area contributed by atoms with Crippen molar-refractivity contribution in [3.05, 3.63) is 57.1 Å². The maximum atomic E-state index is 12.5. The maximum absolute atomic E-state index is 12.5. The van der Waals surface area contributed by atoms with E-state index in [-0.39, 0.29) is 16.3 Å². The van der Waals surface area contributed by atoms with Gasteiger partial charge in [0.05, 0.1) is 9.80 Å². The van der Waals surface area contributed by atoms with Gasteiger partial charge < -0.3 is 5.32 Å². The molecule has 0 radical (unpaired) electrons. The first-order valence-electron chi connectivity index (χ1n) is 8.76. The van der Waals surface area contributed by atoms with Crippen LogP contribution in [0.3, 0.4) is 0 Å². The van der Waals surface area contributed by atoms with Crippen LogP contribution in [0.2, 0.25) is 0 Å². The highest BCUT2D eigenvalue weighted by atomic mass is 32.2. The highest BCUT2D eigenvalue weighted by Crippen LogP contribution is 2.32. The van der Waals surface area contributed by atoms with E-state index >= 15 is 0 Å². The van der Waals surface area contributed by atoms with Crippen LogP contribution in [0.15, 0.2) is 51.6 Å². The molecule has 1 aromatic carbocycles. The lowest BCUT2D eigenvalue weighted by atomic mass is 10.2. The maximum Gasteiger partial charge on any atom is 0.294 e. The lowest BCUT2D eigenvalue weighted by Crippen LogP contribution is -2.39. The van der Waals surface area contributed by atoms with Crippen molar-refractivity contribution in [2.45, 2.75) is 11.4 Å². The highest BCUT2D eigenvalue weighted by molar-refractivity contribution is 8.18. The Labute approximate surface area is 182 Å². The zero-order valence-electron chi connectivity index (χ0n) is 16.2. The SMILES string of the molecule is CN(C)S(=O)(=O)c1ccccc1CNC(=O)CN1C(=O)S/C(=C\c2cccs2)C1=O. The Bertz CT molecular complexity index is 1110. The second kappa shape index (κ2) is 9.13. The minimum atomic E-state index is -3.67. The minimum Gasteiger partial charge on any atom is -0.350 e. The van der Waals surface area contributed by atoms with E-state index in [1.165, 1.54) is 31.5 Å². The third-order valence-electron chi connectivity index (χ3n) is 4.20. The zero-order valence-corrected chi connectivity index (χ0v) is 18.6. The molecule has 0 atom stereocenters. The number of nitrogens with zero attached hydrogens (tertiary/aromatic N) is 2. The molecule has 1 fully saturated rings. The molecule has 158 valence electrons. The first-order valence-corrected chi connectivity index (χ1v) is 11.9. The van der Waals surface area contributed by atoms with Gasteiger partial charge in [0.1, 0.15) is 6.54 Å². The summed E-state index contributed by atoms with van der Waals surface area (Å²) in [7, 11) is -0.824. The summed E-state index contributed by atoms with van der Waals surface area (Å²) in [4.78, 5) is 39.0. The van der Waals surface area contributed by atoms with E-state index in [0.717, 1.165) is 25.8 Å². The van der Waals surface area contributed by atoms with Crippen molar-refractivity contribution >= 4 is 56.3 Å². The van der Waals surface area contributed by atoms with Crippen molar-refractivity contribution in [2.75, 3.05) is 20.6 Å². The number of sulfonamides is 1. The Balaban J connectivity index is 1.66. The van der Waals surface area contributed by atoms with Gasteiger partial charge in [0, 0.05) is 25.5 Å². The van der Waals surface area contributed by atoms with E-state index in [1.807, 2.05) is 17.5 Å². The third-order valence-corrected chi connectivity index (χ3v) is 7.84. The number of benzene rings is 1. The fourth-order valence-electron chi connectivity index (χ4n) is 2.63. The van der Waals surface area contributed by atoms with Gasteiger partial charge in [0.25, 0.3) is 11.1 Å². The van der Waals surface area contributed by atoms with Crippen LogP contribution in [0.4, 0.5) is 4.79 Å². The Morgan fingerprint density at radius 2 is 1.90 bits per heavy atom. The van der Waals surface area contributed by atoms with Crippen LogP contribution < -0.4 is 5.32 Å². The zero-order chi connectivity index (χ0) is 21.9. The number of amides is 3. The van der Waals surface area contributed by atoms with Crippen molar-refractivity contribution < 1.29 is 22.8 Å². The molecule has 0 bridgehead atoms. The number of thiophene rings is 1. The predicted octanol–water partition coefficient (Wildman–Crippen LogP) is 2.35. The molecule has 11 heteroatoms. The molecule has 1 aliphatic heterocycles. The molecule has 30 heavy (non-hydrogen) atoms. The van der Waals surface area contributed by atoms with Crippen molar-refractivity contribution in [1.29, 1.82) is 0 Å². The van der Waals surface area contributed by atoms with Gasteiger partial charge in [-0.25, -0.2) is 12.7 Å². The van der Waals surface area contributed by atoms with Crippen LogP contribution >= 0.6 is 23.1 Å². The topological polar surface area (TPSA) is 104 Å². The van der Waals surface area contributed by atoms with Crippen LogP contribution in [-0.2, 0) is 26.2 Å². The smallest absolute Gasteiger partial charge is 0.294 e. The van der Waals surface area contributed by atoms with E-state index in [4.69, 9.17) is 0 Å². The van der Waals surface area contributed by atoms with Gasteiger partial charge in [-0.1, -0.05) is 24.3 Å². The monoisotopic (exact) mass is 465 g/mol.